The Balaban J connectivity index is 1.61. The molecule has 1 saturated heterocycles. The van der Waals surface area contributed by atoms with Gasteiger partial charge in [-0.3, -0.25) is 0 Å². The van der Waals surface area contributed by atoms with Crippen molar-refractivity contribution in [1.82, 2.24) is 0 Å². The van der Waals surface area contributed by atoms with E-state index in [2.05, 4.69) is 39.8 Å². The summed E-state index contributed by atoms with van der Waals surface area (Å²) in [4.78, 5) is 0. The predicted octanol–water partition coefficient (Wildman–Crippen LogP) is 5.45. The van der Waals surface area contributed by atoms with Crippen LogP contribution in [0.3, 0.4) is 0 Å². The van der Waals surface area contributed by atoms with Crippen molar-refractivity contribution in [3.8, 4) is 28.7 Å². The maximum Gasteiger partial charge on any atom is 0.457 e. The minimum atomic E-state index is -0.328. The Morgan fingerprint density at radius 3 is 2.03 bits per heavy atom. The molecule has 0 bridgehead atoms. The minimum Gasteiger partial charge on any atom is -0.493 e. The van der Waals surface area contributed by atoms with E-state index in [4.69, 9.17) is 33.0 Å². The summed E-state index contributed by atoms with van der Waals surface area (Å²) in [5.41, 5.74) is 1.55. The third kappa shape index (κ3) is 4.66. The summed E-state index contributed by atoms with van der Waals surface area (Å²) in [6.07, 6.45) is 2.59. The monoisotopic (exact) mass is 470 g/mol. The first-order valence-corrected chi connectivity index (χ1v) is 11.7. The smallest absolute Gasteiger partial charge is 0.457 e. The van der Waals surface area contributed by atoms with Crippen LogP contribution >= 0.6 is 0 Å². The maximum absolute atomic E-state index is 6.21. The van der Waals surface area contributed by atoms with E-state index in [0.717, 1.165) is 41.8 Å². The Hall–Kier alpha value is -2.58. The highest BCUT2D eigenvalue weighted by molar-refractivity contribution is 6.45. The Kier molecular flexibility index (Phi) is 6.92. The van der Waals surface area contributed by atoms with Gasteiger partial charge in [-0.05, 0) is 75.8 Å². The Morgan fingerprint density at radius 2 is 1.44 bits per heavy atom. The summed E-state index contributed by atoms with van der Waals surface area (Å²) >= 11 is 0. The maximum atomic E-state index is 6.21. The lowest BCUT2D eigenvalue weighted by atomic mass is 9.78. The zero-order valence-electron chi connectivity index (χ0n) is 21.2. The van der Waals surface area contributed by atoms with E-state index in [1.807, 2.05) is 18.2 Å². The number of hydrogen-bond acceptors (Lipinski definition) is 7. The van der Waals surface area contributed by atoms with Gasteiger partial charge in [0.1, 0.15) is 0 Å². The van der Waals surface area contributed by atoms with Crippen LogP contribution in [0.1, 0.15) is 57.6 Å². The predicted molar refractivity (Wildman–Crippen MR) is 131 cm³/mol. The normalized spacial score (nSPS) is 18.6. The second-order valence-electron chi connectivity index (χ2n) is 9.74. The number of methoxy groups -OCH3 is 3. The third-order valence-corrected chi connectivity index (χ3v) is 7.12. The molecule has 1 atom stereocenters. The highest BCUT2D eigenvalue weighted by atomic mass is 16.7. The quantitative estimate of drug-likeness (QED) is 0.452. The molecule has 7 nitrogen and oxygen atoms in total. The van der Waals surface area contributed by atoms with Gasteiger partial charge in [-0.15, -0.1) is 0 Å². The van der Waals surface area contributed by atoms with Crippen molar-refractivity contribution < 1.29 is 33.0 Å². The molecule has 2 aliphatic rings. The molecule has 0 aromatic heterocycles. The van der Waals surface area contributed by atoms with Gasteiger partial charge >= 0.3 is 7.12 Å². The van der Waals surface area contributed by atoms with Crippen LogP contribution < -0.4 is 23.7 Å². The van der Waals surface area contributed by atoms with Crippen LogP contribution in [0.2, 0.25) is 6.32 Å². The topological polar surface area (TPSA) is 64.6 Å². The van der Waals surface area contributed by atoms with Crippen molar-refractivity contribution in [3.05, 3.63) is 41.5 Å². The first-order chi connectivity index (χ1) is 16.2. The van der Waals surface area contributed by atoms with Crippen molar-refractivity contribution >= 4 is 7.12 Å². The van der Waals surface area contributed by atoms with E-state index in [0.29, 0.717) is 17.2 Å². The molecular weight excluding hydrogens is 435 g/mol. The van der Waals surface area contributed by atoms with Gasteiger partial charge in [0.25, 0.3) is 0 Å². The molecule has 2 aromatic carbocycles. The molecule has 0 saturated carbocycles. The van der Waals surface area contributed by atoms with E-state index in [9.17, 15) is 0 Å². The van der Waals surface area contributed by atoms with E-state index >= 15 is 0 Å². The molecule has 1 unspecified atom stereocenters. The number of rotatable bonds is 9. The molecule has 2 aromatic rings. The molecule has 0 N–H and O–H groups in total. The van der Waals surface area contributed by atoms with Crippen LogP contribution in [-0.2, 0) is 9.31 Å². The van der Waals surface area contributed by atoms with Gasteiger partial charge in [0.15, 0.2) is 23.0 Å². The van der Waals surface area contributed by atoms with Crippen LogP contribution in [0.4, 0.5) is 0 Å². The summed E-state index contributed by atoms with van der Waals surface area (Å²) in [7, 11) is 4.66. The summed E-state index contributed by atoms with van der Waals surface area (Å²) in [6.45, 7) is 8.57. The zero-order valence-corrected chi connectivity index (χ0v) is 21.2. The fourth-order valence-electron chi connectivity index (χ4n) is 4.53. The zero-order chi connectivity index (χ0) is 24.5. The summed E-state index contributed by atoms with van der Waals surface area (Å²) in [5.74, 6) is 3.45. The molecule has 0 radical (unpaired) electrons. The van der Waals surface area contributed by atoms with Crippen LogP contribution in [0.5, 0.6) is 28.7 Å². The van der Waals surface area contributed by atoms with Crippen LogP contribution in [-0.4, -0.2) is 46.4 Å². The molecule has 34 heavy (non-hydrogen) atoms. The van der Waals surface area contributed by atoms with Gasteiger partial charge in [0.05, 0.1) is 32.5 Å². The van der Waals surface area contributed by atoms with Gasteiger partial charge < -0.3 is 33.0 Å². The van der Waals surface area contributed by atoms with Gasteiger partial charge in [0, 0.05) is 5.92 Å². The second kappa shape index (κ2) is 9.58. The van der Waals surface area contributed by atoms with Crippen LogP contribution in [0.25, 0.3) is 0 Å². The lowest BCUT2D eigenvalue weighted by Crippen LogP contribution is -2.41. The SMILES string of the molecule is COc1cc(C(CCCB2OC(C)(C)C(C)(C)O2)c2ccc3c(c2)OCO3)cc(OC)c1OC. The fraction of sp³-hybridized carbons (Fsp3) is 0.538. The first kappa shape index (κ1) is 24.5. The van der Waals surface area contributed by atoms with Crippen LogP contribution in [0.15, 0.2) is 30.3 Å². The molecule has 4 rings (SSSR count). The molecule has 2 heterocycles. The highest BCUT2D eigenvalue weighted by Crippen LogP contribution is 2.45. The summed E-state index contributed by atoms with van der Waals surface area (Å²) in [5, 5.41) is 0. The van der Waals surface area contributed by atoms with Crippen molar-refractivity contribution in [1.29, 1.82) is 0 Å². The molecule has 2 aliphatic heterocycles. The molecule has 1 fully saturated rings. The van der Waals surface area contributed by atoms with E-state index < -0.39 is 0 Å². The van der Waals surface area contributed by atoms with Crippen molar-refractivity contribution in [3.63, 3.8) is 0 Å². The minimum absolute atomic E-state index is 0.0747. The standard InChI is InChI=1S/C26H35BO7/c1-25(2)26(3,4)34-27(33-25)12-8-9-19(17-10-11-20-21(13-17)32-16-31-20)18-14-22(28-5)24(30-7)23(15-18)29-6/h10-11,13-15,19H,8-9,12,16H2,1-7H3. The summed E-state index contributed by atoms with van der Waals surface area (Å²) < 4.78 is 40.4. The second-order valence-corrected chi connectivity index (χ2v) is 9.74. The van der Waals surface area contributed by atoms with Gasteiger partial charge in [-0.1, -0.05) is 12.5 Å². The van der Waals surface area contributed by atoms with Gasteiger partial charge in [-0.2, -0.15) is 0 Å². The number of fused-ring (bicyclic) bond motifs is 1. The fourth-order valence-corrected chi connectivity index (χ4v) is 4.53. The Labute approximate surface area is 202 Å². The van der Waals surface area contributed by atoms with Crippen molar-refractivity contribution in [2.45, 2.75) is 64.0 Å². The number of benzene rings is 2. The number of ether oxygens (including phenoxy) is 5. The van der Waals surface area contributed by atoms with Crippen LogP contribution in [0, 0.1) is 0 Å². The van der Waals surface area contributed by atoms with Gasteiger partial charge in [-0.25, -0.2) is 0 Å². The van der Waals surface area contributed by atoms with E-state index in [1.54, 1.807) is 21.3 Å². The average molecular weight is 470 g/mol. The molecule has 0 amide bonds. The molecule has 184 valence electrons. The average Bonchev–Trinajstić information content (AvgIpc) is 3.35. The van der Waals surface area contributed by atoms with Crippen molar-refractivity contribution in [2.75, 3.05) is 28.1 Å². The Bertz CT molecular complexity index is 979. The number of hydrogen-bond donors (Lipinski definition) is 0. The lowest BCUT2D eigenvalue weighted by Gasteiger charge is -2.32. The van der Waals surface area contributed by atoms with E-state index in [-0.39, 0.29) is 31.0 Å². The first-order valence-electron chi connectivity index (χ1n) is 11.7. The largest absolute Gasteiger partial charge is 0.493 e. The van der Waals surface area contributed by atoms with E-state index in [1.165, 1.54) is 0 Å². The third-order valence-electron chi connectivity index (χ3n) is 7.12. The Morgan fingerprint density at radius 1 is 0.824 bits per heavy atom. The lowest BCUT2D eigenvalue weighted by molar-refractivity contribution is 0.00578. The van der Waals surface area contributed by atoms with Crippen molar-refractivity contribution in [2.24, 2.45) is 0 Å². The molecule has 0 spiro atoms. The van der Waals surface area contributed by atoms with Gasteiger partial charge in [0.2, 0.25) is 12.5 Å². The summed E-state index contributed by atoms with van der Waals surface area (Å²) in [6, 6.07) is 10.2. The molecule has 0 aliphatic carbocycles. The highest BCUT2D eigenvalue weighted by Gasteiger charge is 2.50. The molecular formula is C26H35BO7. The molecule has 8 heteroatoms.